The molecule has 1 fully saturated rings. The van der Waals surface area contributed by atoms with E-state index in [1.165, 1.54) is 24.3 Å². The Balaban J connectivity index is 1.56. The number of rotatable bonds is 6. The van der Waals surface area contributed by atoms with Crippen molar-refractivity contribution in [1.82, 2.24) is 10.2 Å². The van der Waals surface area contributed by atoms with E-state index in [-0.39, 0.29) is 30.0 Å². The van der Waals surface area contributed by atoms with Gasteiger partial charge in [-0.3, -0.25) is 19.7 Å². The molecule has 0 spiro atoms. The minimum absolute atomic E-state index is 0.00145. The number of nitrogens with zero attached hydrogens (tertiary/aromatic N) is 2. The number of hydrogen-bond acceptors (Lipinski definition) is 5. The molecule has 0 aromatic heterocycles. The highest BCUT2D eigenvalue weighted by molar-refractivity contribution is 9.10. The van der Waals surface area contributed by atoms with Crippen LogP contribution in [0.2, 0.25) is 0 Å². The SMILES string of the molecule is O=C(NC(=Cc1ccccc1)C(=O)N1CCC(O)(c2ccc(Br)cc2)CC1)c1ccccc1[N+](=O)[O-]. The number of halogens is 1. The third kappa shape index (κ3) is 5.69. The maximum atomic E-state index is 13.5. The first kappa shape index (κ1) is 25.3. The molecule has 9 heteroatoms. The maximum absolute atomic E-state index is 13.5. The molecule has 4 rings (SSSR count). The largest absolute Gasteiger partial charge is 0.385 e. The first-order chi connectivity index (χ1) is 17.3. The number of likely N-dealkylation sites (tertiary alicyclic amines) is 1. The van der Waals surface area contributed by atoms with E-state index in [9.17, 15) is 24.8 Å². The highest BCUT2D eigenvalue weighted by Crippen LogP contribution is 2.34. The quantitative estimate of drug-likeness (QED) is 0.264. The second kappa shape index (κ2) is 10.8. The summed E-state index contributed by atoms with van der Waals surface area (Å²) in [5.74, 6) is -1.18. The minimum atomic E-state index is -1.06. The topological polar surface area (TPSA) is 113 Å². The second-order valence-corrected chi connectivity index (χ2v) is 9.44. The molecule has 1 aliphatic heterocycles. The van der Waals surface area contributed by atoms with Gasteiger partial charge in [0.2, 0.25) is 0 Å². The number of amides is 2. The Morgan fingerprint density at radius 2 is 1.58 bits per heavy atom. The fourth-order valence-electron chi connectivity index (χ4n) is 4.18. The monoisotopic (exact) mass is 549 g/mol. The Morgan fingerprint density at radius 1 is 0.972 bits per heavy atom. The van der Waals surface area contributed by atoms with Gasteiger partial charge in [0.1, 0.15) is 11.3 Å². The number of nitro benzene ring substituents is 1. The zero-order valence-electron chi connectivity index (χ0n) is 19.3. The summed E-state index contributed by atoms with van der Waals surface area (Å²) in [4.78, 5) is 38.8. The number of carbonyl (C=O) groups is 2. The lowest BCUT2D eigenvalue weighted by Crippen LogP contribution is -2.47. The number of carbonyl (C=O) groups excluding carboxylic acids is 2. The zero-order valence-corrected chi connectivity index (χ0v) is 20.8. The van der Waals surface area contributed by atoms with Gasteiger partial charge >= 0.3 is 0 Å². The molecule has 36 heavy (non-hydrogen) atoms. The molecule has 2 N–H and O–H groups in total. The van der Waals surface area contributed by atoms with E-state index in [0.29, 0.717) is 18.4 Å². The van der Waals surface area contributed by atoms with Gasteiger partial charge in [-0.25, -0.2) is 0 Å². The molecular formula is C27H24BrN3O5. The molecule has 0 bridgehead atoms. The van der Waals surface area contributed by atoms with E-state index in [1.807, 2.05) is 30.3 Å². The highest BCUT2D eigenvalue weighted by atomic mass is 79.9. The van der Waals surface area contributed by atoms with Crippen molar-refractivity contribution in [3.63, 3.8) is 0 Å². The second-order valence-electron chi connectivity index (χ2n) is 8.53. The predicted octanol–water partition coefficient (Wildman–Crippen LogP) is 4.64. The highest BCUT2D eigenvalue weighted by Gasteiger charge is 2.36. The Kier molecular flexibility index (Phi) is 7.61. The van der Waals surface area contributed by atoms with Gasteiger partial charge in [0, 0.05) is 23.6 Å². The Hall–Kier alpha value is -3.82. The van der Waals surface area contributed by atoms with Crippen LogP contribution in [0.5, 0.6) is 0 Å². The van der Waals surface area contributed by atoms with Gasteiger partial charge in [-0.05, 0) is 48.2 Å². The standard InChI is InChI=1S/C27H24BrN3O5/c28-21-12-10-20(11-13-21)27(34)14-16-30(17-15-27)26(33)23(18-19-6-2-1-3-7-19)29-25(32)22-8-4-5-9-24(22)31(35)36/h1-13,18,34H,14-17H2,(H,29,32). The molecule has 1 saturated heterocycles. The summed E-state index contributed by atoms with van der Waals surface area (Å²) in [6.07, 6.45) is 2.21. The molecular weight excluding hydrogens is 526 g/mol. The molecule has 0 atom stereocenters. The van der Waals surface area contributed by atoms with Gasteiger partial charge in [-0.1, -0.05) is 70.5 Å². The van der Waals surface area contributed by atoms with Gasteiger partial charge in [0.25, 0.3) is 17.5 Å². The van der Waals surface area contributed by atoms with Crippen molar-refractivity contribution >= 4 is 39.5 Å². The molecule has 0 unspecified atom stereocenters. The van der Waals surface area contributed by atoms with Crippen molar-refractivity contribution in [3.05, 3.63) is 116 Å². The molecule has 2 amide bonds. The van der Waals surface area contributed by atoms with E-state index in [2.05, 4.69) is 21.2 Å². The summed E-state index contributed by atoms with van der Waals surface area (Å²) < 4.78 is 0.910. The number of nitrogens with one attached hydrogen (secondary N) is 1. The fourth-order valence-corrected chi connectivity index (χ4v) is 4.44. The van der Waals surface area contributed by atoms with Crippen LogP contribution in [0.3, 0.4) is 0 Å². The smallest absolute Gasteiger partial charge is 0.282 e. The molecule has 1 aliphatic rings. The van der Waals surface area contributed by atoms with Crippen LogP contribution in [-0.2, 0) is 10.4 Å². The van der Waals surface area contributed by atoms with Crippen molar-refractivity contribution < 1.29 is 19.6 Å². The number of hydrogen-bond donors (Lipinski definition) is 2. The average molecular weight is 550 g/mol. The summed E-state index contributed by atoms with van der Waals surface area (Å²) in [7, 11) is 0. The van der Waals surface area contributed by atoms with Gasteiger partial charge < -0.3 is 15.3 Å². The third-order valence-corrected chi connectivity index (χ3v) is 6.72. The summed E-state index contributed by atoms with van der Waals surface area (Å²) in [6.45, 7) is 0.553. The number of aliphatic hydroxyl groups is 1. The van der Waals surface area contributed by atoms with Crippen LogP contribution in [0.25, 0.3) is 6.08 Å². The normalized spacial score (nSPS) is 15.3. The molecule has 1 heterocycles. The predicted molar refractivity (Wildman–Crippen MR) is 139 cm³/mol. The number of benzene rings is 3. The van der Waals surface area contributed by atoms with E-state index in [1.54, 1.807) is 35.2 Å². The van der Waals surface area contributed by atoms with Crippen molar-refractivity contribution in [2.24, 2.45) is 0 Å². The fraction of sp³-hybridized carbons (Fsp3) is 0.185. The van der Waals surface area contributed by atoms with E-state index in [4.69, 9.17) is 0 Å². The van der Waals surface area contributed by atoms with Crippen LogP contribution in [0, 0.1) is 10.1 Å². The molecule has 3 aromatic carbocycles. The summed E-state index contributed by atoms with van der Waals surface area (Å²) in [6, 6.07) is 22.0. The van der Waals surface area contributed by atoms with E-state index < -0.39 is 22.3 Å². The number of nitro groups is 1. The van der Waals surface area contributed by atoms with Crippen molar-refractivity contribution in [2.45, 2.75) is 18.4 Å². The molecule has 184 valence electrons. The van der Waals surface area contributed by atoms with Crippen LogP contribution < -0.4 is 5.32 Å². The lowest BCUT2D eigenvalue weighted by Gasteiger charge is -2.38. The first-order valence-corrected chi connectivity index (χ1v) is 12.2. The molecule has 0 saturated carbocycles. The summed E-state index contributed by atoms with van der Waals surface area (Å²) in [5, 5.41) is 25.2. The van der Waals surface area contributed by atoms with Crippen molar-refractivity contribution in [3.8, 4) is 0 Å². The lowest BCUT2D eigenvalue weighted by molar-refractivity contribution is -0.385. The van der Waals surface area contributed by atoms with Gasteiger partial charge in [0.15, 0.2) is 0 Å². The van der Waals surface area contributed by atoms with Crippen molar-refractivity contribution in [2.75, 3.05) is 13.1 Å². The van der Waals surface area contributed by atoms with Crippen LogP contribution in [-0.4, -0.2) is 39.8 Å². The average Bonchev–Trinajstić information content (AvgIpc) is 2.89. The van der Waals surface area contributed by atoms with E-state index >= 15 is 0 Å². The summed E-state index contributed by atoms with van der Waals surface area (Å²) in [5.41, 5.74) is -0.0843. The molecule has 0 aliphatic carbocycles. The van der Waals surface area contributed by atoms with Crippen LogP contribution in [0.4, 0.5) is 5.69 Å². The van der Waals surface area contributed by atoms with Crippen LogP contribution >= 0.6 is 15.9 Å². The minimum Gasteiger partial charge on any atom is -0.385 e. The first-order valence-electron chi connectivity index (χ1n) is 11.4. The Morgan fingerprint density at radius 3 is 2.22 bits per heavy atom. The number of piperidine rings is 1. The van der Waals surface area contributed by atoms with Crippen LogP contribution in [0.1, 0.15) is 34.3 Å². The van der Waals surface area contributed by atoms with Crippen molar-refractivity contribution in [1.29, 1.82) is 0 Å². The van der Waals surface area contributed by atoms with E-state index in [0.717, 1.165) is 10.0 Å². The molecule has 3 aromatic rings. The lowest BCUT2D eigenvalue weighted by atomic mass is 9.84. The molecule has 8 nitrogen and oxygen atoms in total. The summed E-state index contributed by atoms with van der Waals surface area (Å²) >= 11 is 3.39. The number of para-hydroxylation sites is 1. The van der Waals surface area contributed by atoms with Gasteiger partial charge in [-0.2, -0.15) is 0 Å². The van der Waals surface area contributed by atoms with Gasteiger partial charge in [-0.15, -0.1) is 0 Å². The maximum Gasteiger partial charge on any atom is 0.282 e. The third-order valence-electron chi connectivity index (χ3n) is 6.19. The molecule has 0 radical (unpaired) electrons. The van der Waals surface area contributed by atoms with Gasteiger partial charge in [0.05, 0.1) is 10.5 Å². The Labute approximate surface area is 216 Å². The van der Waals surface area contributed by atoms with Crippen LogP contribution in [0.15, 0.2) is 89.0 Å². The zero-order chi connectivity index (χ0) is 25.7. The Bertz CT molecular complexity index is 1300.